The molecule has 2 rings (SSSR count). The molecule has 116 valence electrons. The summed E-state index contributed by atoms with van der Waals surface area (Å²) in [5.41, 5.74) is 0. The van der Waals surface area contributed by atoms with E-state index in [1.165, 1.54) is 11.3 Å². The van der Waals surface area contributed by atoms with Gasteiger partial charge in [-0.1, -0.05) is 6.07 Å². The molecular formula is C15H21NO4S. The van der Waals surface area contributed by atoms with E-state index < -0.39 is 12.0 Å². The highest BCUT2D eigenvalue weighted by molar-refractivity contribution is 7.10. The Morgan fingerprint density at radius 2 is 2.33 bits per heavy atom. The van der Waals surface area contributed by atoms with Crippen molar-refractivity contribution in [1.82, 2.24) is 5.32 Å². The number of hydrogen-bond acceptors (Lipinski definition) is 4. The molecule has 1 aromatic heterocycles. The first-order valence-corrected chi connectivity index (χ1v) is 8.12. The van der Waals surface area contributed by atoms with Gasteiger partial charge in [0.1, 0.15) is 0 Å². The Morgan fingerprint density at radius 1 is 1.52 bits per heavy atom. The van der Waals surface area contributed by atoms with Crippen LogP contribution in [0.15, 0.2) is 17.5 Å². The first-order valence-electron chi connectivity index (χ1n) is 7.24. The zero-order valence-electron chi connectivity index (χ0n) is 12.1. The van der Waals surface area contributed by atoms with Crippen LogP contribution in [0.1, 0.15) is 49.9 Å². The molecule has 1 aliphatic rings. The maximum Gasteiger partial charge on any atom is 0.305 e. The fourth-order valence-corrected chi connectivity index (χ4v) is 3.32. The summed E-state index contributed by atoms with van der Waals surface area (Å²) < 4.78 is 5.68. The highest BCUT2D eigenvalue weighted by Gasteiger charge is 2.23. The number of amides is 1. The van der Waals surface area contributed by atoms with Crippen LogP contribution in [0.3, 0.4) is 0 Å². The second-order valence-electron chi connectivity index (χ2n) is 5.42. The second kappa shape index (κ2) is 7.56. The van der Waals surface area contributed by atoms with Crippen LogP contribution in [0.25, 0.3) is 0 Å². The molecule has 1 saturated heterocycles. The van der Waals surface area contributed by atoms with Crippen molar-refractivity contribution in [2.75, 3.05) is 0 Å². The van der Waals surface area contributed by atoms with Gasteiger partial charge in [0.05, 0.1) is 24.7 Å². The fraction of sp³-hybridized carbons (Fsp3) is 0.600. The Morgan fingerprint density at radius 3 is 2.90 bits per heavy atom. The quantitative estimate of drug-likeness (QED) is 0.812. The van der Waals surface area contributed by atoms with E-state index in [2.05, 4.69) is 5.32 Å². The van der Waals surface area contributed by atoms with E-state index in [-0.39, 0.29) is 24.5 Å². The summed E-state index contributed by atoms with van der Waals surface area (Å²) in [4.78, 5) is 23.8. The topological polar surface area (TPSA) is 75.6 Å². The van der Waals surface area contributed by atoms with Crippen LogP contribution in [0.4, 0.5) is 0 Å². The molecule has 6 heteroatoms. The lowest BCUT2D eigenvalue weighted by Crippen LogP contribution is -2.30. The number of thiophene rings is 1. The average Bonchev–Trinajstić information content (AvgIpc) is 3.06. The third-order valence-electron chi connectivity index (χ3n) is 3.61. The zero-order chi connectivity index (χ0) is 15.2. The second-order valence-corrected chi connectivity index (χ2v) is 6.40. The van der Waals surface area contributed by atoms with Crippen LogP contribution in [-0.4, -0.2) is 29.2 Å². The maximum absolute atomic E-state index is 12.0. The third-order valence-corrected chi connectivity index (χ3v) is 4.60. The van der Waals surface area contributed by atoms with Gasteiger partial charge in [-0.3, -0.25) is 9.59 Å². The minimum absolute atomic E-state index is 0.0940. The normalized spacial score (nSPS) is 22.9. The monoisotopic (exact) mass is 311 g/mol. The molecule has 1 aromatic rings. The molecule has 1 aliphatic heterocycles. The lowest BCUT2D eigenvalue weighted by Gasteiger charge is -2.16. The van der Waals surface area contributed by atoms with Gasteiger partial charge in [0.2, 0.25) is 5.91 Å². The molecule has 1 amide bonds. The van der Waals surface area contributed by atoms with E-state index in [4.69, 9.17) is 9.84 Å². The van der Waals surface area contributed by atoms with Gasteiger partial charge >= 0.3 is 5.97 Å². The zero-order valence-corrected chi connectivity index (χ0v) is 12.9. The molecule has 0 aliphatic carbocycles. The molecule has 1 fully saturated rings. The average molecular weight is 311 g/mol. The maximum atomic E-state index is 12.0. The van der Waals surface area contributed by atoms with Gasteiger partial charge in [0.15, 0.2) is 0 Å². The van der Waals surface area contributed by atoms with E-state index in [0.29, 0.717) is 12.8 Å². The van der Waals surface area contributed by atoms with Gasteiger partial charge in [0.25, 0.3) is 0 Å². The Labute approximate surface area is 128 Å². The van der Waals surface area contributed by atoms with Crippen molar-refractivity contribution in [2.24, 2.45) is 0 Å². The number of carbonyl (C=O) groups is 2. The van der Waals surface area contributed by atoms with Gasteiger partial charge in [-0.2, -0.15) is 0 Å². The van der Waals surface area contributed by atoms with Crippen molar-refractivity contribution in [3.63, 3.8) is 0 Å². The summed E-state index contributed by atoms with van der Waals surface area (Å²) in [5, 5.41) is 13.7. The predicted octanol–water partition coefficient (Wildman–Crippen LogP) is 2.73. The highest BCUT2D eigenvalue weighted by atomic mass is 32.1. The third kappa shape index (κ3) is 5.13. The van der Waals surface area contributed by atoms with Crippen molar-refractivity contribution in [2.45, 2.75) is 57.3 Å². The highest BCUT2D eigenvalue weighted by Crippen LogP contribution is 2.24. The van der Waals surface area contributed by atoms with Gasteiger partial charge in [-0.25, -0.2) is 0 Å². The molecule has 2 heterocycles. The molecule has 0 saturated carbocycles. The number of ether oxygens (including phenoxy) is 1. The molecule has 0 unspecified atom stereocenters. The number of carbonyl (C=O) groups excluding carboxylic acids is 1. The Balaban J connectivity index is 1.82. The van der Waals surface area contributed by atoms with Crippen molar-refractivity contribution in [3.05, 3.63) is 22.4 Å². The summed E-state index contributed by atoms with van der Waals surface area (Å²) in [6, 6.07) is 3.26. The largest absolute Gasteiger partial charge is 0.481 e. The molecular weight excluding hydrogens is 290 g/mol. The number of hydrogen-bond donors (Lipinski definition) is 2. The molecule has 0 spiro atoms. The lowest BCUT2D eigenvalue weighted by atomic mass is 10.1. The number of carboxylic acid groups (broad SMARTS) is 1. The summed E-state index contributed by atoms with van der Waals surface area (Å²) in [7, 11) is 0. The Hall–Kier alpha value is -1.40. The van der Waals surface area contributed by atoms with E-state index in [9.17, 15) is 9.59 Å². The summed E-state index contributed by atoms with van der Waals surface area (Å²) in [5.74, 6) is -1.03. The lowest BCUT2D eigenvalue weighted by molar-refractivity contribution is -0.137. The summed E-state index contributed by atoms with van der Waals surface area (Å²) in [6.07, 6.45) is 3.46. The number of rotatable bonds is 7. The summed E-state index contributed by atoms with van der Waals surface area (Å²) in [6.45, 7) is 2.04. The SMILES string of the molecule is C[C@@H]1CC[C@@H](CCC(=O)N[C@@H](CC(=O)O)c2cccs2)O1. The van der Waals surface area contributed by atoms with Crippen LogP contribution in [-0.2, 0) is 14.3 Å². The number of nitrogens with one attached hydrogen (secondary N) is 1. The predicted molar refractivity (Wildman–Crippen MR) is 80.3 cm³/mol. The molecule has 21 heavy (non-hydrogen) atoms. The Kier molecular flexibility index (Phi) is 5.76. The molecule has 5 nitrogen and oxygen atoms in total. The van der Waals surface area contributed by atoms with Gasteiger partial charge in [-0.15, -0.1) is 11.3 Å². The van der Waals surface area contributed by atoms with Crippen molar-refractivity contribution < 1.29 is 19.4 Å². The molecule has 0 bridgehead atoms. The van der Waals surface area contributed by atoms with Crippen LogP contribution >= 0.6 is 11.3 Å². The van der Waals surface area contributed by atoms with Gasteiger partial charge in [0, 0.05) is 11.3 Å². The van der Waals surface area contributed by atoms with Crippen molar-refractivity contribution in [1.29, 1.82) is 0 Å². The molecule has 2 N–H and O–H groups in total. The number of aliphatic carboxylic acids is 1. The van der Waals surface area contributed by atoms with Gasteiger partial charge in [-0.05, 0) is 37.6 Å². The van der Waals surface area contributed by atoms with E-state index in [0.717, 1.165) is 17.7 Å². The molecule has 0 radical (unpaired) electrons. The smallest absolute Gasteiger partial charge is 0.305 e. The van der Waals surface area contributed by atoms with E-state index in [1.54, 1.807) is 0 Å². The van der Waals surface area contributed by atoms with E-state index >= 15 is 0 Å². The minimum Gasteiger partial charge on any atom is -0.481 e. The fourth-order valence-electron chi connectivity index (χ4n) is 2.54. The molecule has 3 atom stereocenters. The van der Waals surface area contributed by atoms with Crippen molar-refractivity contribution in [3.8, 4) is 0 Å². The van der Waals surface area contributed by atoms with E-state index in [1.807, 2.05) is 24.4 Å². The van der Waals surface area contributed by atoms with Crippen molar-refractivity contribution >= 4 is 23.2 Å². The van der Waals surface area contributed by atoms with Crippen LogP contribution in [0.5, 0.6) is 0 Å². The van der Waals surface area contributed by atoms with Gasteiger partial charge < -0.3 is 15.2 Å². The first kappa shape index (κ1) is 16.0. The van der Waals surface area contributed by atoms with Crippen LogP contribution in [0, 0.1) is 0 Å². The van der Waals surface area contributed by atoms with Crippen LogP contribution < -0.4 is 5.32 Å². The number of carboxylic acids is 1. The Bertz CT molecular complexity index is 474. The molecule has 0 aromatic carbocycles. The van der Waals surface area contributed by atoms with Crippen LogP contribution in [0.2, 0.25) is 0 Å². The summed E-state index contributed by atoms with van der Waals surface area (Å²) >= 11 is 1.46. The minimum atomic E-state index is -0.915. The standard InChI is InChI=1S/C15H21NO4S/c1-10-4-5-11(20-10)6-7-14(17)16-12(9-15(18)19)13-3-2-8-21-13/h2-3,8,10-12H,4-7,9H2,1H3,(H,16,17)(H,18,19)/t10-,11+,12+/m1/s1. The first-order chi connectivity index (χ1) is 10.0.